The molecule has 0 saturated heterocycles. The normalized spacial score (nSPS) is 20.7. The summed E-state index contributed by atoms with van der Waals surface area (Å²) in [4.78, 5) is 23.6. The number of rotatable bonds is 3. The maximum Gasteiger partial charge on any atom is 0.313 e. The van der Waals surface area contributed by atoms with Gasteiger partial charge in [0.25, 0.3) is 0 Å². The molecule has 2 atom stereocenters. The molecule has 0 unspecified atom stereocenters. The van der Waals surface area contributed by atoms with Crippen LogP contribution in [0.3, 0.4) is 0 Å². The standard InChI is InChI=1S/C17H20N2O3/c1-2-12-6-5-8-14(10-12)19-17(22)16(21)18-11-13-7-3-4-9-15(13)20/h1,5-6,8,10,13,15,20H,3-4,7,9,11H2,(H,18,21)(H,19,22)/t13-,15-/m0/s1. The Hall–Kier alpha value is -2.32. The molecule has 1 saturated carbocycles. The molecule has 1 aliphatic carbocycles. The summed E-state index contributed by atoms with van der Waals surface area (Å²) in [5, 5.41) is 14.9. The Morgan fingerprint density at radius 2 is 2.05 bits per heavy atom. The molecule has 2 rings (SSSR count). The van der Waals surface area contributed by atoms with Crippen molar-refractivity contribution in [3.8, 4) is 12.3 Å². The maximum absolute atomic E-state index is 11.8. The highest BCUT2D eigenvalue weighted by Crippen LogP contribution is 2.23. The lowest BCUT2D eigenvalue weighted by Gasteiger charge is -2.27. The van der Waals surface area contributed by atoms with E-state index < -0.39 is 17.9 Å². The summed E-state index contributed by atoms with van der Waals surface area (Å²) in [6.07, 6.45) is 8.57. The first-order chi connectivity index (χ1) is 10.6. The number of anilines is 1. The van der Waals surface area contributed by atoms with Gasteiger partial charge < -0.3 is 15.7 Å². The van der Waals surface area contributed by atoms with Crippen LogP contribution in [0.15, 0.2) is 24.3 Å². The number of aliphatic hydroxyl groups is 1. The van der Waals surface area contributed by atoms with E-state index in [0.29, 0.717) is 17.8 Å². The van der Waals surface area contributed by atoms with Gasteiger partial charge in [0.2, 0.25) is 0 Å². The molecule has 0 aromatic heterocycles. The first-order valence-electron chi connectivity index (χ1n) is 7.44. The summed E-state index contributed by atoms with van der Waals surface area (Å²) in [5.74, 6) is 1.05. The minimum atomic E-state index is -0.737. The van der Waals surface area contributed by atoms with Gasteiger partial charge in [-0.05, 0) is 31.0 Å². The van der Waals surface area contributed by atoms with E-state index in [9.17, 15) is 14.7 Å². The molecule has 0 heterocycles. The molecule has 1 aromatic rings. The predicted molar refractivity (Wildman–Crippen MR) is 84.0 cm³/mol. The summed E-state index contributed by atoms with van der Waals surface area (Å²) in [5.41, 5.74) is 1.11. The fourth-order valence-electron chi connectivity index (χ4n) is 2.60. The van der Waals surface area contributed by atoms with Crippen molar-refractivity contribution >= 4 is 17.5 Å². The second-order valence-corrected chi connectivity index (χ2v) is 5.50. The van der Waals surface area contributed by atoms with Gasteiger partial charge in [0.15, 0.2) is 0 Å². The first kappa shape index (κ1) is 16.1. The fourth-order valence-corrected chi connectivity index (χ4v) is 2.60. The lowest BCUT2D eigenvalue weighted by atomic mass is 9.86. The van der Waals surface area contributed by atoms with E-state index in [1.54, 1.807) is 24.3 Å². The zero-order valence-corrected chi connectivity index (χ0v) is 12.3. The molecule has 1 aromatic carbocycles. The molecule has 0 bridgehead atoms. The van der Waals surface area contributed by atoms with Gasteiger partial charge in [-0.25, -0.2) is 0 Å². The van der Waals surface area contributed by atoms with Crippen molar-refractivity contribution in [3.05, 3.63) is 29.8 Å². The van der Waals surface area contributed by atoms with Gasteiger partial charge in [0, 0.05) is 23.7 Å². The topological polar surface area (TPSA) is 78.4 Å². The number of nitrogens with one attached hydrogen (secondary N) is 2. The average molecular weight is 300 g/mol. The second-order valence-electron chi connectivity index (χ2n) is 5.50. The van der Waals surface area contributed by atoms with E-state index in [-0.39, 0.29) is 5.92 Å². The molecule has 116 valence electrons. The van der Waals surface area contributed by atoms with Crippen LogP contribution in [0.25, 0.3) is 0 Å². The van der Waals surface area contributed by atoms with Crippen molar-refractivity contribution in [2.45, 2.75) is 31.8 Å². The summed E-state index contributed by atoms with van der Waals surface area (Å²) in [6.45, 7) is 0.317. The van der Waals surface area contributed by atoms with Gasteiger partial charge in [0.1, 0.15) is 0 Å². The van der Waals surface area contributed by atoms with Crippen molar-refractivity contribution in [1.29, 1.82) is 0 Å². The molecular formula is C17H20N2O3. The SMILES string of the molecule is C#Cc1cccc(NC(=O)C(=O)NC[C@@H]2CCCC[C@@H]2O)c1. The summed E-state index contributed by atoms with van der Waals surface area (Å²) in [6, 6.07) is 6.73. The maximum atomic E-state index is 11.8. The number of hydrogen-bond acceptors (Lipinski definition) is 3. The van der Waals surface area contributed by atoms with E-state index in [4.69, 9.17) is 6.42 Å². The Morgan fingerprint density at radius 3 is 2.77 bits per heavy atom. The number of amides is 2. The van der Waals surface area contributed by atoms with Crippen molar-refractivity contribution < 1.29 is 14.7 Å². The molecular weight excluding hydrogens is 280 g/mol. The third-order valence-electron chi connectivity index (χ3n) is 3.89. The van der Waals surface area contributed by atoms with Crippen LogP contribution in [-0.4, -0.2) is 29.6 Å². The highest BCUT2D eigenvalue weighted by Gasteiger charge is 2.24. The number of terminal acetylenes is 1. The second kappa shape index (κ2) is 7.62. The number of aliphatic hydroxyl groups excluding tert-OH is 1. The van der Waals surface area contributed by atoms with Crippen LogP contribution < -0.4 is 10.6 Å². The molecule has 0 radical (unpaired) electrons. The number of carbonyl (C=O) groups is 2. The molecule has 0 aliphatic heterocycles. The molecule has 3 N–H and O–H groups in total. The smallest absolute Gasteiger partial charge is 0.313 e. The van der Waals surface area contributed by atoms with Crippen LogP contribution in [-0.2, 0) is 9.59 Å². The van der Waals surface area contributed by atoms with Gasteiger partial charge in [-0.3, -0.25) is 9.59 Å². The zero-order valence-electron chi connectivity index (χ0n) is 12.3. The average Bonchev–Trinajstić information content (AvgIpc) is 2.54. The summed E-state index contributed by atoms with van der Waals surface area (Å²) < 4.78 is 0. The molecule has 1 aliphatic rings. The molecule has 5 nitrogen and oxygen atoms in total. The lowest BCUT2D eigenvalue weighted by Crippen LogP contribution is -2.41. The monoisotopic (exact) mass is 300 g/mol. The van der Waals surface area contributed by atoms with Crippen molar-refractivity contribution in [2.24, 2.45) is 5.92 Å². The van der Waals surface area contributed by atoms with Crippen LogP contribution >= 0.6 is 0 Å². The van der Waals surface area contributed by atoms with Crippen LogP contribution in [0.2, 0.25) is 0 Å². The van der Waals surface area contributed by atoms with Crippen molar-refractivity contribution in [1.82, 2.24) is 5.32 Å². The quantitative estimate of drug-likeness (QED) is 0.581. The van der Waals surface area contributed by atoms with E-state index in [1.165, 1.54) is 0 Å². The van der Waals surface area contributed by atoms with Crippen LogP contribution in [0, 0.1) is 18.3 Å². The lowest BCUT2D eigenvalue weighted by molar-refractivity contribution is -0.136. The third-order valence-corrected chi connectivity index (χ3v) is 3.89. The molecule has 0 spiro atoms. The number of benzene rings is 1. The van der Waals surface area contributed by atoms with E-state index >= 15 is 0 Å². The molecule has 1 fully saturated rings. The first-order valence-corrected chi connectivity index (χ1v) is 7.44. The van der Waals surface area contributed by atoms with E-state index in [1.807, 2.05) is 0 Å². The summed E-state index contributed by atoms with van der Waals surface area (Å²) in [7, 11) is 0. The minimum Gasteiger partial charge on any atom is -0.393 e. The zero-order chi connectivity index (χ0) is 15.9. The van der Waals surface area contributed by atoms with Gasteiger partial charge >= 0.3 is 11.8 Å². The largest absolute Gasteiger partial charge is 0.393 e. The third kappa shape index (κ3) is 4.34. The van der Waals surface area contributed by atoms with Crippen LogP contribution in [0.4, 0.5) is 5.69 Å². The van der Waals surface area contributed by atoms with Crippen LogP contribution in [0.5, 0.6) is 0 Å². The minimum absolute atomic E-state index is 0.0234. The van der Waals surface area contributed by atoms with Crippen molar-refractivity contribution in [3.63, 3.8) is 0 Å². The summed E-state index contributed by atoms with van der Waals surface area (Å²) >= 11 is 0. The van der Waals surface area contributed by atoms with Gasteiger partial charge in [-0.2, -0.15) is 0 Å². The van der Waals surface area contributed by atoms with Crippen LogP contribution in [0.1, 0.15) is 31.2 Å². The van der Waals surface area contributed by atoms with E-state index in [2.05, 4.69) is 16.6 Å². The van der Waals surface area contributed by atoms with Gasteiger partial charge in [0.05, 0.1) is 6.10 Å². The molecule has 5 heteroatoms. The highest BCUT2D eigenvalue weighted by molar-refractivity contribution is 6.39. The molecule has 22 heavy (non-hydrogen) atoms. The highest BCUT2D eigenvalue weighted by atomic mass is 16.3. The Labute approximate surface area is 130 Å². The number of hydrogen-bond donors (Lipinski definition) is 3. The Morgan fingerprint density at radius 1 is 1.27 bits per heavy atom. The predicted octanol–water partition coefficient (Wildman–Crippen LogP) is 1.27. The van der Waals surface area contributed by atoms with E-state index in [0.717, 1.165) is 25.7 Å². The number of carbonyl (C=O) groups excluding carboxylic acids is 2. The Balaban J connectivity index is 1.84. The van der Waals surface area contributed by atoms with Gasteiger partial charge in [-0.1, -0.05) is 24.8 Å². The Bertz CT molecular complexity index is 592. The molecule has 2 amide bonds. The van der Waals surface area contributed by atoms with Gasteiger partial charge in [-0.15, -0.1) is 6.42 Å². The fraction of sp³-hybridized carbons (Fsp3) is 0.412. The Kier molecular flexibility index (Phi) is 5.56. The van der Waals surface area contributed by atoms with Crippen molar-refractivity contribution in [2.75, 3.05) is 11.9 Å².